The van der Waals surface area contributed by atoms with Crippen LogP contribution in [-0.4, -0.2) is 17.1 Å². The molecule has 0 aliphatic rings. The third-order valence-electron chi connectivity index (χ3n) is 2.52. The number of carbonyl (C=O) groups is 1. The zero-order valence-corrected chi connectivity index (χ0v) is 9.51. The first-order valence-electron chi connectivity index (χ1n) is 5.40. The van der Waals surface area contributed by atoms with E-state index in [9.17, 15) is 4.79 Å². The highest BCUT2D eigenvalue weighted by atomic mass is 16.5. The molecule has 0 saturated heterocycles. The Morgan fingerprint density at radius 1 is 1.47 bits per heavy atom. The number of para-hydroxylation sites is 1. The van der Waals surface area contributed by atoms with Gasteiger partial charge in [0.15, 0.2) is 0 Å². The lowest BCUT2D eigenvalue weighted by Gasteiger charge is -2.05. The van der Waals surface area contributed by atoms with E-state index in [1.807, 2.05) is 24.3 Å². The lowest BCUT2D eigenvalue weighted by molar-refractivity contribution is 0.0515. The second-order valence-electron chi connectivity index (χ2n) is 3.55. The van der Waals surface area contributed by atoms with E-state index in [2.05, 4.69) is 6.07 Å². The number of hydrogen-bond acceptors (Lipinski definition) is 3. The first-order valence-corrected chi connectivity index (χ1v) is 5.40. The molecule has 0 fully saturated rings. The molecule has 0 atom stereocenters. The van der Waals surface area contributed by atoms with E-state index in [-0.39, 0.29) is 12.5 Å². The fraction of sp³-hybridized carbons (Fsp3) is 0.231. The summed E-state index contributed by atoms with van der Waals surface area (Å²) in [5.41, 5.74) is 1.30. The lowest BCUT2D eigenvalue weighted by atomic mass is 10.2. The van der Waals surface area contributed by atoms with Gasteiger partial charge in [0.2, 0.25) is 0 Å². The van der Waals surface area contributed by atoms with Crippen molar-refractivity contribution in [3.8, 4) is 6.07 Å². The molecule has 0 amide bonds. The summed E-state index contributed by atoms with van der Waals surface area (Å²) in [5, 5.41) is 9.75. The molecule has 1 aromatic heterocycles. The Kier molecular flexibility index (Phi) is 3.10. The average molecular weight is 228 g/mol. The highest BCUT2D eigenvalue weighted by Gasteiger charge is 2.15. The minimum absolute atomic E-state index is 0.141. The molecule has 0 spiro atoms. The van der Waals surface area contributed by atoms with E-state index < -0.39 is 0 Å². The van der Waals surface area contributed by atoms with Gasteiger partial charge in [-0.2, -0.15) is 5.26 Å². The van der Waals surface area contributed by atoms with Crippen molar-refractivity contribution < 1.29 is 9.53 Å². The van der Waals surface area contributed by atoms with Crippen molar-refractivity contribution in [2.75, 3.05) is 6.61 Å². The second kappa shape index (κ2) is 4.71. The van der Waals surface area contributed by atoms with Gasteiger partial charge in [-0.25, -0.2) is 4.79 Å². The molecule has 1 aromatic carbocycles. The highest BCUT2D eigenvalue weighted by molar-refractivity contribution is 5.95. The second-order valence-corrected chi connectivity index (χ2v) is 3.55. The number of rotatable bonds is 3. The molecule has 1 heterocycles. The molecule has 86 valence electrons. The lowest BCUT2D eigenvalue weighted by Crippen LogP contribution is -2.11. The molecule has 0 saturated carbocycles. The van der Waals surface area contributed by atoms with Crippen LogP contribution in [-0.2, 0) is 11.3 Å². The van der Waals surface area contributed by atoms with Crippen molar-refractivity contribution in [2.24, 2.45) is 0 Å². The van der Waals surface area contributed by atoms with Gasteiger partial charge in [0, 0.05) is 10.9 Å². The monoisotopic (exact) mass is 228 g/mol. The van der Waals surface area contributed by atoms with Crippen molar-refractivity contribution in [1.82, 2.24) is 4.57 Å². The molecule has 4 heteroatoms. The van der Waals surface area contributed by atoms with Crippen LogP contribution >= 0.6 is 0 Å². The number of nitrogens with zero attached hydrogens (tertiary/aromatic N) is 2. The summed E-state index contributed by atoms with van der Waals surface area (Å²) in [7, 11) is 0. The number of benzene rings is 1. The van der Waals surface area contributed by atoms with Crippen molar-refractivity contribution in [3.63, 3.8) is 0 Å². The number of fused-ring (bicyclic) bond motifs is 1. The van der Waals surface area contributed by atoms with E-state index in [4.69, 9.17) is 10.00 Å². The molecular weight excluding hydrogens is 216 g/mol. The van der Waals surface area contributed by atoms with Crippen molar-refractivity contribution in [2.45, 2.75) is 13.5 Å². The molecular formula is C13H12N2O2. The Labute approximate surface area is 99.0 Å². The first-order chi connectivity index (χ1) is 8.27. The van der Waals surface area contributed by atoms with Crippen LogP contribution in [0.1, 0.15) is 17.4 Å². The predicted octanol–water partition coefficient (Wildman–Crippen LogP) is 2.34. The molecule has 17 heavy (non-hydrogen) atoms. The van der Waals surface area contributed by atoms with E-state index >= 15 is 0 Å². The van der Waals surface area contributed by atoms with Crippen molar-refractivity contribution in [3.05, 3.63) is 36.0 Å². The minimum Gasteiger partial charge on any atom is -0.461 e. The summed E-state index contributed by atoms with van der Waals surface area (Å²) in [6.07, 6.45) is 0. The van der Waals surface area contributed by atoms with E-state index in [1.54, 1.807) is 17.6 Å². The molecule has 0 aliphatic heterocycles. The zero-order chi connectivity index (χ0) is 12.3. The van der Waals surface area contributed by atoms with Crippen LogP contribution in [0.4, 0.5) is 0 Å². The SMILES string of the molecule is CCOC(=O)c1cc2ccccc2n1CC#N. The summed E-state index contributed by atoms with van der Waals surface area (Å²) >= 11 is 0. The molecule has 0 N–H and O–H groups in total. The standard InChI is InChI=1S/C13H12N2O2/c1-2-17-13(16)12-9-10-5-3-4-6-11(10)15(12)8-7-14/h3-6,9H,2,8H2,1H3. The Balaban J connectivity index is 2.58. The van der Waals surface area contributed by atoms with Gasteiger partial charge in [-0.05, 0) is 19.1 Å². The van der Waals surface area contributed by atoms with Crippen molar-refractivity contribution in [1.29, 1.82) is 5.26 Å². The van der Waals surface area contributed by atoms with Crippen LogP contribution in [0.3, 0.4) is 0 Å². The first kappa shape index (κ1) is 11.2. The average Bonchev–Trinajstić information content (AvgIpc) is 2.70. The zero-order valence-electron chi connectivity index (χ0n) is 9.51. The van der Waals surface area contributed by atoms with Crippen LogP contribution in [0.2, 0.25) is 0 Å². The van der Waals surface area contributed by atoms with E-state index in [1.165, 1.54) is 0 Å². The number of carbonyl (C=O) groups excluding carboxylic acids is 1. The maximum absolute atomic E-state index is 11.8. The van der Waals surface area contributed by atoms with Crippen molar-refractivity contribution >= 4 is 16.9 Å². The minimum atomic E-state index is -0.390. The Morgan fingerprint density at radius 2 is 2.24 bits per heavy atom. The number of esters is 1. The number of hydrogen-bond donors (Lipinski definition) is 0. The van der Waals surface area contributed by atoms with Crippen LogP contribution in [0.15, 0.2) is 30.3 Å². The van der Waals surface area contributed by atoms with Gasteiger partial charge in [0.05, 0.1) is 12.7 Å². The fourth-order valence-electron chi connectivity index (χ4n) is 1.83. The quantitative estimate of drug-likeness (QED) is 0.757. The van der Waals surface area contributed by atoms with Crippen LogP contribution in [0, 0.1) is 11.3 Å². The predicted molar refractivity (Wildman–Crippen MR) is 63.5 cm³/mol. The largest absolute Gasteiger partial charge is 0.461 e. The molecule has 0 unspecified atom stereocenters. The topological polar surface area (TPSA) is 55.0 Å². The van der Waals surface area contributed by atoms with Crippen LogP contribution < -0.4 is 0 Å². The summed E-state index contributed by atoms with van der Waals surface area (Å²) in [4.78, 5) is 11.8. The fourth-order valence-corrected chi connectivity index (χ4v) is 1.83. The van der Waals surface area contributed by atoms with E-state index in [0.717, 1.165) is 10.9 Å². The molecule has 0 radical (unpaired) electrons. The summed E-state index contributed by atoms with van der Waals surface area (Å²) < 4.78 is 6.65. The van der Waals surface area contributed by atoms with E-state index in [0.29, 0.717) is 12.3 Å². The Hall–Kier alpha value is -2.28. The van der Waals surface area contributed by atoms with Gasteiger partial charge in [-0.3, -0.25) is 0 Å². The number of ether oxygens (including phenoxy) is 1. The van der Waals surface area contributed by atoms with Crippen LogP contribution in [0.5, 0.6) is 0 Å². The molecule has 2 rings (SSSR count). The van der Waals surface area contributed by atoms with Crippen LogP contribution in [0.25, 0.3) is 10.9 Å². The summed E-state index contributed by atoms with van der Waals surface area (Å²) in [5.74, 6) is -0.390. The van der Waals surface area contributed by atoms with Gasteiger partial charge >= 0.3 is 5.97 Å². The maximum Gasteiger partial charge on any atom is 0.355 e. The van der Waals surface area contributed by atoms with Gasteiger partial charge in [-0.15, -0.1) is 0 Å². The molecule has 2 aromatic rings. The van der Waals surface area contributed by atoms with Gasteiger partial charge in [-0.1, -0.05) is 18.2 Å². The third-order valence-corrected chi connectivity index (χ3v) is 2.52. The molecule has 4 nitrogen and oxygen atoms in total. The normalized spacial score (nSPS) is 10.1. The summed E-state index contributed by atoms with van der Waals surface area (Å²) in [6, 6.07) is 11.4. The third kappa shape index (κ3) is 2.00. The Morgan fingerprint density at radius 3 is 2.94 bits per heavy atom. The molecule has 0 aliphatic carbocycles. The smallest absolute Gasteiger partial charge is 0.355 e. The van der Waals surface area contributed by atoms with Gasteiger partial charge in [0.25, 0.3) is 0 Å². The molecule has 0 bridgehead atoms. The summed E-state index contributed by atoms with van der Waals surface area (Å²) in [6.45, 7) is 2.23. The number of nitriles is 1. The van der Waals surface area contributed by atoms with Gasteiger partial charge in [0.1, 0.15) is 12.2 Å². The number of aromatic nitrogens is 1. The maximum atomic E-state index is 11.8. The highest BCUT2D eigenvalue weighted by Crippen LogP contribution is 2.20. The van der Waals surface area contributed by atoms with Gasteiger partial charge < -0.3 is 9.30 Å². The Bertz CT molecular complexity index is 593.